The third-order valence-electron chi connectivity index (χ3n) is 2.41. The summed E-state index contributed by atoms with van der Waals surface area (Å²) in [6, 6.07) is 4.66. The van der Waals surface area contributed by atoms with E-state index in [1.165, 1.54) is 12.1 Å². The van der Waals surface area contributed by atoms with E-state index < -0.39 is 0 Å². The van der Waals surface area contributed by atoms with E-state index >= 15 is 0 Å². The Bertz CT molecular complexity index is 510. The highest BCUT2D eigenvalue weighted by molar-refractivity contribution is 9.10. The van der Waals surface area contributed by atoms with Crippen LogP contribution in [0.25, 0.3) is 0 Å². The van der Waals surface area contributed by atoms with Crippen molar-refractivity contribution in [1.82, 2.24) is 15.1 Å². The first-order valence-electron chi connectivity index (χ1n) is 5.29. The first kappa shape index (κ1) is 12.3. The molecule has 0 fully saturated rings. The van der Waals surface area contributed by atoms with E-state index in [0.29, 0.717) is 6.54 Å². The van der Waals surface area contributed by atoms with E-state index in [-0.39, 0.29) is 5.82 Å². The van der Waals surface area contributed by atoms with Gasteiger partial charge in [-0.15, -0.1) is 0 Å². The zero-order valence-corrected chi connectivity index (χ0v) is 11.0. The summed E-state index contributed by atoms with van der Waals surface area (Å²) in [6.07, 6.45) is 3.76. The molecule has 0 unspecified atom stereocenters. The number of aromatic nitrogens is 2. The maximum absolute atomic E-state index is 13.1. The standard InChI is InChI=1S/C12H13BrFN3/c1-15-5-9-6-16-17(7-9)8-10-4-11(14)2-3-12(10)13/h2-4,6-7,15H,5,8H2,1H3. The van der Waals surface area contributed by atoms with Crippen LogP contribution < -0.4 is 5.32 Å². The summed E-state index contributed by atoms with van der Waals surface area (Å²) >= 11 is 3.41. The van der Waals surface area contributed by atoms with Gasteiger partial charge in [0.2, 0.25) is 0 Å². The molecule has 1 aromatic carbocycles. The third-order valence-corrected chi connectivity index (χ3v) is 3.18. The Hall–Kier alpha value is -1.20. The second kappa shape index (κ2) is 5.42. The van der Waals surface area contributed by atoms with Gasteiger partial charge in [0.05, 0.1) is 12.7 Å². The lowest BCUT2D eigenvalue weighted by atomic mass is 10.2. The van der Waals surface area contributed by atoms with Crippen LogP contribution in [0.4, 0.5) is 4.39 Å². The van der Waals surface area contributed by atoms with E-state index in [9.17, 15) is 4.39 Å². The van der Waals surface area contributed by atoms with E-state index in [1.807, 2.05) is 19.4 Å². The summed E-state index contributed by atoms with van der Waals surface area (Å²) in [5, 5.41) is 7.29. The first-order valence-corrected chi connectivity index (χ1v) is 6.08. The van der Waals surface area contributed by atoms with Crippen LogP contribution in [0.5, 0.6) is 0 Å². The van der Waals surface area contributed by atoms with Crippen molar-refractivity contribution in [3.63, 3.8) is 0 Å². The van der Waals surface area contributed by atoms with Crippen LogP contribution in [0.15, 0.2) is 35.1 Å². The topological polar surface area (TPSA) is 29.9 Å². The lowest BCUT2D eigenvalue weighted by Crippen LogP contribution is -2.04. The molecule has 0 radical (unpaired) electrons. The molecule has 0 amide bonds. The molecule has 0 aliphatic rings. The Labute approximate surface area is 108 Å². The van der Waals surface area contributed by atoms with Crippen molar-refractivity contribution in [2.24, 2.45) is 0 Å². The smallest absolute Gasteiger partial charge is 0.123 e. The molecule has 1 aromatic heterocycles. The zero-order valence-electron chi connectivity index (χ0n) is 9.45. The number of nitrogens with one attached hydrogen (secondary N) is 1. The van der Waals surface area contributed by atoms with Gasteiger partial charge in [0.1, 0.15) is 5.82 Å². The molecule has 1 N–H and O–H groups in total. The highest BCUT2D eigenvalue weighted by Crippen LogP contribution is 2.18. The van der Waals surface area contributed by atoms with Crippen molar-refractivity contribution < 1.29 is 4.39 Å². The maximum atomic E-state index is 13.1. The number of benzene rings is 1. The van der Waals surface area contributed by atoms with Gasteiger partial charge >= 0.3 is 0 Å². The van der Waals surface area contributed by atoms with Crippen molar-refractivity contribution in [1.29, 1.82) is 0 Å². The predicted molar refractivity (Wildman–Crippen MR) is 68.2 cm³/mol. The fraction of sp³-hybridized carbons (Fsp3) is 0.250. The first-order chi connectivity index (χ1) is 8.19. The predicted octanol–water partition coefficient (Wildman–Crippen LogP) is 2.55. The monoisotopic (exact) mass is 297 g/mol. The fourth-order valence-corrected chi connectivity index (χ4v) is 2.00. The minimum absolute atomic E-state index is 0.231. The highest BCUT2D eigenvalue weighted by atomic mass is 79.9. The van der Waals surface area contributed by atoms with Gasteiger partial charge in [-0.1, -0.05) is 15.9 Å². The van der Waals surface area contributed by atoms with E-state index in [1.54, 1.807) is 10.7 Å². The molecule has 3 nitrogen and oxygen atoms in total. The molecular weight excluding hydrogens is 285 g/mol. The Kier molecular flexibility index (Phi) is 3.91. The minimum Gasteiger partial charge on any atom is -0.316 e. The highest BCUT2D eigenvalue weighted by Gasteiger charge is 2.04. The van der Waals surface area contributed by atoms with Crippen LogP contribution in [0.3, 0.4) is 0 Å². The van der Waals surface area contributed by atoms with Gasteiger partial charge in [0.15, 0.2) is 0 Å². The zero-order chi connectivity index (χ0) is 12.3. The van der Waals surface area contributed by atoms with Gasteiger partial charge in [0, 0.05) is 22.8 Å². The van der Waals surface area contributed by atoms with Gasteiger partial charge in [-0.05, 0) is 30.8 Å². The van der Waals surface area contributed by atoms with Crippen molar-refractivity contribution in [2.45, 2.75) is 13.1 Å². The Morgan fingerprint density at radius 3 is 3.06 bits per heavy atom. The van der Waals surface area contributed by atoms with Gasteiger partial charge in [0.25, 0.3) is 0 Å². The number of hydrogen-bond acceptors (Lipinski definition) is 2. The lowest BCUT2D eigenvalue weighted by molar-refractivity contribution is 0.618. The summed E-state index contributed by atoms with van der Waals surface area (Å²) in [5.74, 6) is -0.231. The minimum atomic E-state index is -0.231. The summed E-state index contributed by atoms with van der Waals surface area (Å²) < 4.78 is 15.8. The fourth-order valence-electron chi connectivity index (χ4n) is 1.63. The van der Waals surface area contributed by atoms with Crippen molar-refractivity contribution >= 4 is 15.9 Å². The molecule has 5 heteroatoms. The van der Waals surface area contributed by atoms with Crippen molar-refractivity contribution in [2.75, 3.05) is 7.05 Å². The molecule has 0 saturated carbocycles. The molecular formula is C12H13BrFN3. The molecule has 0 spiro atoms. The summed E-state index contributed by atoms with van der Waals surface area (Å²) in [7, 11) is 1.89. The van der Waals surface area contributed by atoms with Crippen molar-refractivity contribution in [3.8, 4) is 0 Å². The van der Waals surface area contributed by atoms with E-state index in [2.05, 4.69) is 26.3 Å². The third kappa shape index (κ3) is 3.14. The molecule has 17 heavy (non-hydrogen) atoms. The second-order valence-electron chi connectivity index (χ2n) is 3.81. The van der Waals surface area contributed by atoms with Crippen LogP contribution in [-0.4, -0.2) is 16.8 Å². The molecule has 2 aromatic rings. The number of hydrogen-bond donors (Lipinski definition) is 1. The molecule has 1 heterocycles. The Morgan fingerprint density at radius 1 is 1.47 bits per heavy atom. The van der Waals surface area contributed by atoms with E-state index in [0.717, 1.165) is 22.1 Å². The van der Waals surface area contributed by atoms with Gasteiger partial charge < -0.3 is 5.32 Å². The molecule has 0 saturated heterocycles. The Balaban J connectivity index is 2.16. The van der Waals surface area contributed by atoms with Crippen LogP contribution >= 0.6 is 15.9 Å². The maximum Gasteiger partial charge on any atom is 0.123 e. The van der Waals surface area contributed by atoms with Crippen molar-refractivity contribution in [3.05, 3.63) is 52.0 Å². The SMILES string of the molecule is CNCc1cnn(Cc2cc(F)ccc2Br)c1. The quantitative estimate of drug-likeness (QED) is 0.940. The normalized spacial score (nSPS) is 10.8. The van der Waals surface area contributed by atoms with Crippen LogP contribution in [0.2, 0.25) is 0 Å². The van der Waals surface area contributed by atoms with Gasteiger partial charge in [-0.25, -0.2) is 4.39 Å². The molecule has 0 aliphatic heterocycles. The van der Waals surface area contributed by atoms with Crippen LogP contribution in [0, 0.1) is 5.82 Å². The largest absolute Gasteiger partial charge is 0.316 e. The number of halogens is 2. The summed E-state index contributed by atoms with van der Waals surface area (Å²) in [6.45, 7) is 1.34. The summed E-state index contributed by atoms with van der Waals surface area (Å²) in [4.78, 5) is 0. The van der Waals surface area contributed by atoms with Gasteiger partial charge in [-0.3, -0.25) is 4.68 Å². The molecule has 0 atom stereocenters. The van der Waals surface area contributed by atoms with E-state index in [4.69, 9.17) is 0 Å². The molecule has 2 rings (SSSR count). The van der Waals surface area contributed by atoms with Crippen LogP contribution in [-0.2, 0) is 13.1 Å². The second-order valence-corrected chi connectivity index (χ2v) is 4.67. The Morgan fingerprint density at radius 2 is 2.29 bits per heavy atom. The van der Waals surface area contributed by atoms with Crippen LogP contribution in [0.1, 0.15) is 11.1 Å². The molecule has 0 aliphatic carbocycles. The molecule has 0 bridgehead atoms. The lowest BCUT2D eigenvalue weighted by Gasteiger charge is -2.04. The number of nitrogens with zero attached hydrogens (tertiary/aromatic N) is 2. The average Bonchev–Trinajstić information content (AvgIpc) is 2.72. The number of rotatable bonds is 4. The summed E-state index contributed by atoms with van der Waals surface area (Å²) in [5.41, 5.74) is 1.99. The average molecular weight is 298 g/mol. The molecule has 90 valence electrons. The van der Waals surface area contributed by atoms with Gasteiger partial charge in [-0.2, -0.15) is 5.10 Å².